The van der Waals surface area contributed by atoms with Gasteiger partial charge in [0.1, 0.15) is 18.4 Å². The first kappa shape index (κ1) is 13.9. The van der Waals surface area contributed by atoms with Crippen LogP contribution in [-0.4, -0.2) is 22.8 Å². The molecule has 16 heavy (non-hydrogen) atoms. The monoisotopic (exact) mass is 366 g/mol. The summed E-state index contributed by atoms with van der Waals surface area (Å²) < 4.78 is 40.5. The molecule has 0 saturated carbocycles. The van der Waals surface area contributed by atoms with E-state index in [1.165, 1.54) is 0 Å². The molecule has 0 aromatic carbocycles. The third kappa shape index (κ3) is 4.38. The van der Waals surface area contributed by atoms with Crippen LogP contribution >= 0.6 is 34.2 Å². The predicted molar refractivity (Wildman–Crippen MR) is 60.2 cm³/mol. The van der Waals surface area contributed by atoms with Gasteiger partial charge in [-0.05, 0) is 29.5 Å². The zero-order valence-electron chi connectivity index (χ0n) is 8.11. The Hall–Kier alpha value is -0.150. The number of alkyl halides is 3. The van der Waals surface area contributed by atoms with Crippen LogP contribution in [0.1, 0.15) is 11.5 Å². The maximum atomic E-state index is 11.8. The number of hydrogen-bond acceptors (Lipinski definition) is 3. The summed E-state index contributed by atoms with van der Waals surface area (Å²) >= 11 is 7.71. The Bertz CT molecular complexity index is 363. The van der Waals surface area contributed by atoms with Crippen LogP contribution in [0, 0.1) is 10.5 Å². The van der Waals surface area contributed by atoms with Crippen LogP contribution in [0.3, 0.4) is 0 Å². The lowest BCUT2D eigenvalue weighted by Crippen LogP contribution is -2.17. The summed E-state index contributed by atoms with van der Waals surface area (Å²) in [7, 11) is 0. The summed E-state index contributed by atoms with van der Waals surface area (Å²) in [5.74, 6) is 0.146. The zero-order chi connectivity index (χ0) is 12.3. The second-order valence-electron chi connectivity index (χ2n) is 2.94. The summed E-state index contributed by atoms with van der Waals surface area (Å²) in [5.41, 5.74) is 0.617. The van der Waals surface area contributed by atoms with Gasteiger partial charge in [-0.1, -0.05) is 11.6 Å². The maximum absolute atomic E-state index is 11.8. The van der Waals surface area contributed by atoms with Gasteiger partial charge in [-0.2, -0.15) is 13.2 Å². The Morgan fingerprint density at radius 3 is 2.50 bits per heavy atom. The Labute approximate surface area is 109 Å². The molecule has 90 valence electrons. The lowest BCUT2D eigenvalue weighted by molar-refractivity contribution is -0.177. The first-order valence-electron chi connectivity index (χ1n) is 4.12. The molecule has 0 bridgehead atoms. The third-order valence-corrected chi connectivity index (χ3v) is 3.40. The quantitative estimate of drug-likeness (QED) is 0.609. The first-order valence-corrected chi connectivity index (χ1v) is 5.58. The summed E-state index contributed by atoms with van der Waals surface area (Å²) in [6.45, 7) is 0.0681. The molecular weight excluding hydrogens is 359 g/mol. The second-order valence-corrected chi connectivity index (χ2v) is 4.37. The smallest absolute Gasteiger partial charge is 0.364 e. The van der Waals surface area contributed by atoms with Crippen LogP contribution in [0.5, 0.6) is 0 Å². The van der Waals surface area contributed by atoms with Gasteiger partial charge in [0.2, 0.25) is 0 Å². The number of hydrogen-bond donors (Lipinski definition) is 0. The fraction of sp³-hybridized carbons (Fsp3) is 0.500. The van der Waals surface area contributed by atoms with Crippen molar-refractivity contribution < 1.29 is 17.9 Å². The van der Waals surface area contributed by atoms with Gasteiger partial charge in [0.15, 0.2) is 5.82 Å². The summed E-state index contributed by atoms with van der Waals surface area (Å²) in [5, 5.41) is 0.221. The Balaban J connectivity index is 2.62. The van der Waals surface area contributed by atoms with Crippen LogP contribution in [0.4, 0.5) is 13.2 Å². The van der Waals surface area contributed by atoms with Gasteiger partial charge in [-0.25, -0.2) is 9.97 Å². The minimum atomic E-state index is -4.35. The van der Waals surface area contributed by atoms with E-state index in [2.05, 4.69) is 14.7 Å². The van der Waals surface area contributed by atoms with Gasteiger partial charge in [0, 0.05) is 0 Å². The van der Waals surface area contributed by atoms with E-state index in [1.807, 2.05) is 22.6 Å². The molecule has 8 heteroatoms. The molecule has 1 heterocycles. The van der Waals surface area contributed by atoms with Crippen molar-refractivity contribution in [1.29, 1.82) is 0 Å². The van der Waals surface area contributed by atoms with Crippen LogP contribution in [0.15, 0.2) is 0 Å². The molecule has 0 radical (unpaired) electrons. The van der Waals surface area contributed by atoms with E-state index >= 15 is 0 Å². The van der Waals surface area contributed by atoms with E-state index in [-0.39, 0.29) is 17.6 Å². The molecule has 0 saturated heterocycles. The number of nitrogens with zero attached hydrogens (tertiary/aromatic N) is 2. The van der Waals surface area contributed by atoms with Gasteiger partial charge in [-0.15, -0.1) is 0 Å². The molecule has 0 spiro atoms. The lowest BCUT2D eigenvalue weighted by Gasteiger charge is -2.08. The van der Waals surface area contributed by atoms with Crippen molar-refractivity contribution in [3.63, 3.8) is 0 Å². The number of rotatable bonds is 3. The zero-order valence-corrected chi connectivity index (χ0v) is 11.0. The summed E-state index contributed by atoms with van der Waals surface area (Å²) in [6.07, 6.45) is -4.35. The fourth-order valence-corrected chi connectivity index (χ4v) is 1.38. The first-order chi connectivity index (χ1) is 7.29. The molecule has 1 aromatic rings. The summed E-state index contributed by atoms with van der Waals surface area (Å²) in [6, 6.07) is 0. The maximum Gasteiger partial charge on any atom is 0.411 e. The molecule has 0 unspecified atom stereocenters. The van der Waals surface area contributed by atoms with E-state index in [1.54, 1.807) is 6.92 Å². The predicted octanol–water partition coefficient (Wildman–Crippen LogP) is 3.12. The molecule has 1 rings (SSSR count). The van der Waals surface area contributed by atoms with Crippen LogP contribution in [0.25, 0.3) is 0 Å². The van der Waals surface area contributed by atoms with Crippen LogP contribution < -0.4 is 0 Å². The molecule has 0 atom stereocenters. The van der Waals surface area contributed by atoms with Gasteiger partial charge >= 0.3 is 6.18 Å². The molecule has 0 aliphatic rings. The SMILES string of the molecule is Cc1nc(COCC(F)(F)F)nc(Cl)c1I. The average Bonchev–Trinajstić information content (AvgIpc) is 2.12. The fourth-order valence-electron chi connectivity index (χ4n) is 0.902. The largest absolute Gasteiger partial charge is 0.411 e. The minimum absolute atomic E-state index is 0.146. The molecule has 0 amide bonds. The van der Waals surface area contributed by atoms with E-state index in [4.69, 9.17) is 11.6 Å². The molecular formula is C8H7ClF3IN2O. The number of ether oxygens (including phenoxy) is 1. The van der Waals surface area contributed by atoms with E-state index in [0.717, 1.165) is 0 Å². The second kappa shape index (κ2) is 5.46. The highest BCUT2D eigenvalue weighted by molar-refractivity contribution is 14.1. The van der Waals surface area contributed by atoms with Crippen molar-refractivity contribution in [3.05, 3.63) is 20.2 Å². The standard InChI is InChI=1S/C8H7ClF3IN2O/c1-4-6(13)7(9)15-5(14-4)2-16-3-8(10,11)12/h2-3H2,1H3. The highest BCUT2D eigenvalue weighted by Gasteiger charge is 2.27. The molecule has 1 aromatic heterocycles. The summed E-state index contributed by atoms with van der Waals surface area (Å²) in [4.78, 5) is 7.77. The molecule has 0 fully saturated rings. The number of halogens is 5. The van der Waals surface area contributed by atoms with Gasteiger partial charge in [-0.3, -0.25) is 0 Å². The Morgan fingerprint density at radius 2 is 2.00 bits per heavy atom. The van der Waals surface area contributed by atoms with E-state index in [9.17, 15) is 13.2 Å². The average molecular weight is 367 g/mol. The van der Waals surface area contributed by atoms with Crippen LogP contribution in [-0.2, 0) is 11.3 Å². The highest BCUT2D eigenvalue weighted by Crippen LogP contribution is 2.19. The number of aryl methyl sites for hydroxylation is 1. The topological polar surface area (TPSA) is 35.0 Å². The highest BCUT2D eigenvalue weighted by atomic mass is 127. The van der Waals surface area contributed by atoms with Crippen molar-refractivity contribution in [2.45, 2.75) is 19.7 Å². The minimum Gasteiger partial charge on any atom is -0.364 e. The molecule has 0 aliphatic heterocycles. The van der Waals surface area contributed by atoms with Crippen molar-refractivity contribution in [2.24, 2.45) is 0 Å². The van der Waals surface area contributed by atoms with Gasteiger partial charge < -0.3 is 4.74 Å². The normalized spacial score (nSPS) is 11.9. The van der Waals surface area contributed by atoms with Crippen molar-refractivity contribution in [3.8, 4) is 0 Å². The molecule has 3 nitrogen and oxygen atoms in total. The Kier molecular flexibility index (Phi) is 4.74. The van der Waals surface area contributed by atoms with E-state index < -0.39 is 12.8 Å². The van der Waals surface area contributed by atoms with Gasteiger partial charge in [0.25, 0.3) is 0 Å². The van der Waals surface area contributed by atoms with Crippen molar-refractivity contribution >= 4 is 34.2 Å². The Morgan fingerprint density at radius 1 is 1.38 bits per heavy atom. The third-order valence-electron chi connectivity index (χ3n) is 1.52. The van der Waals surface area contributed by atoms with Gasteiger partial charge in [0.05, 0.1) is 9.26 Å². The lowest BCUT2D eigenvalue weighted by atomic mass is 10.4. The van der Waals surface area contributed by atoms with Crippen LogP contribution in [0.2, 0.25) is 5.15 Å². The molecule has 0 N–H and O–H groups in total. The van der Waals surface area contributed by atoms with Crippen molar-refractivity contribution in [2.75, 3.05) is 6.61 Å². The van der Waals surface area contributed by atoms with Crippen molar-refractivity contribution in [1.82, 2.24) is 9.97 Å². The van der Waals surface area contributed by atoms with E-state index in [0.29, 0.717) is 9.26 Å². The molecule has 0 aliphatic carbocycles. The number of aromatic nitrogens is 2.